The number of thiophene rings is 1. The van der Waals surface area contributed by atoms with Gasteiger partial charge in [-0.25, -0.2) is 4.98 Å². The summed E-state index contributed by atoms with van der Waals surface area (Å²) in [5.41, 5.74) is 5.92. The molecule has 24 heavy (non-hydrogen) atoms. The number of likely N-dealkylation sites (tertiary alicyclic amines) is 1. The number of nitrogens with two attached hydrogens (primary N) is 1. The normalized spacial score (nSPS) is 18.8. The summed E-state index contributed by atoms with van der Waals surface area (Å²) in [6.45, 7) is 3.16. The van der Waals surface area contributed by atoms with Crippen LogP contribution in [-0.2, 0) is 6.54 Å². The first-order valence-corrected chi connectivity index (χ1v) is 9.21. The predicted molar refractivity (Wildman–Crippen MR) is 99.4 cm³/mol. The first-order chi connectivity index (χ1) is 11.8. The van der Waals surface area contributed by atoms with Crippen LogP contribution in [0.25, 0.3) is 10.8 Å². The lowest BCUT2D eigenvalue weighted by Gasteiger charge is -2.32. The van der Waals surface area contributed by atoms with E-state index in [9.17, 15) is 0 Å². The molecule has 1 saturated heterocycles. The van der Waals surface area contributed by atoms with E-state index < -0.39 is 0 Å². The number of rotatable bonds is 4. The van der Waals surface area contributed by atoms with Gasteiger partial charge in [-0.1, -0.05) is 6.07 Å². The van der Waals surface area contributed by atoms with Gasteiger partial charge in [0.25, 0.3) is 0 Å². The summed E-state index contributed by atoms with van der Waals surface area (Å²) in [7, 11) is 0. The van der Waals surface area contributed by atoms with Crippen LogP contribution in [0.4, 0.5) is 5.82 Å². The molecule has 5 heteroatoms. The molecular weight excluding hydrogens is 318 g/mol. The van der Waals surface area contributed by atoms with E-state index in [2.05, 4.69) is 33.5 Å². The van der Waals surface area contributed by atoms with E-state index >= 15 is 0 Å². The smallest absolute Gasteiger partial charge is 0.131 e. The molecule has 0 amide bonds. The van der Waals surface area contributed by atoms with Crippen molar-refractivity contribution in [2.45, 2.75) is 25.5 Å². The summed E-state index contributed by atoms with van der Waals surface area (Å²) in [4.78, 5) is 8.04. The molecule has 0 bridgehead atoms. The Balaban J connectivity index is 1.44. The van der Waals surface area contributed by atoms with Crippen molar-refractivity contribution in [3.8, 4) is 5.75 Å². The van der Waals surface area contributed by atoms with Crippen molar-refractivity contribution in [1.29, 1.82) is 0 Å². The highest BCUT2D eigenvalue weighted by molar-refractivity contribution is 7.09. The summed E-state index contributed by atoms with van der Waals surface area (Å²) in [5.74, 6) is 1.48. The van der Waals surface area contributed by atoms with Crippen molar-refractivity contribution >= 4 is 27.9 Å². The molecule has 1 aromatic carbocycles. The van der Waals surface area contributed by atoms with Crippen LogP contribution in [0.15, 0.2) is 48.0 Å². The fraction of sp³-hybridized carbons (Fsp3) is 0.316. The molecule has 1 atom stereocenters. The lowest BCUT2D eigenvalue weighted by Crippen LogP contribution is -2.40. The Labute approximate surface area is 145 Å². The average Bonchev–Trinajstić information content (AvgIpc) is 3.08. The second-order valence-electron chi connectivity index (χ2n) is 6.28. The Morgan fingerprint density at radius 2 is 2.25 bits per heavy atom. The standard InChI is InChI=1S/C19H21N3OS/c20-19-18-6-5-15(11-14(18)7-8-21-19)23-16-3-1-9-22(12-16)13-17-4-2-10-24-17/h2,4-8,10-11,16H,1,3,9,12-13H2,(H2,20,21). The van der Waals surface area contributed by atoms with Crippen LogP contribution < -0.4 is 10.5 Å². The second kappa shape index (κ2) is 6.79. The lowest BCUT2D eigenvalue weighted by atomic mass is 10.1. The summed E-state index contributed by atoms with van der Waals surface area (Å²) in [6.07, 6.45) is 4.28. The van der Waals surface area contributed by atoms with Gasteiger partial charge in [0, 0.05) is 29.5 Å². The highest BCUT2D eigenvalue weighted by Crippen LogP contribution is 2.26. The van der Waals surface area contributed by atoms with Gasteiger partial charge in [0.15, 0.2) is 0 Å². The molecule has 2 aromatic heterocycles. The Hall–Kier alpha value is -2.11. The highest BCUT2D eigenvalue weighted by Gasteiger charge is 2.21. The van der Waals surface area contributed by atoms with E-state index in [1.54, 1.807) is 6.20 Å². The molecule has 0 aliphatic carbocycles. The molecule has 0 radical (unpaired) electrons. The molecule has 4 rings (SSSR count). The van der Waals surface area contributed by atoms with E-state index in [4.69, 9.17) is 10.5 Å². The van der Waals surface area contributed by atoms with Gasteiger partial charge < -0.3 is 10.5 Å². The van der Waals surface area contributed by atoms with Crippen LogP contribution in [0.5, 0.6) is 5.75 Å². The molecule has 124 valence electrons. The fourth-order valence-corrected chi connectivity index (χ4v) is 4.07. The molecule has 2 N–H and O–H groups in total. The summed E-state index contributed by atoms with van der Waals surface area (Å²) in [6, 6.07) is 12.4. The topological polar surface area (TPSA) is 51.4 Å². The maximum atomic E-state index is 6.25. The number of nitrogens with zero attached hydrogens (tertiary/aromatic N) is 2. The van der Waals surface area contributed by atoms with Crippen molar-refractivity contribution in [3.63, 3.8) is 0 Å². The maximum absolute atomic E-state index is 6.25. The second-order valence-corrected chi connectivity index (χ2v) is 7.31. The van der Waals surface area contributed by atoms with E-state index in [0.717, 1.165) is 42.6 Å². The maximum Gasteiger partial charge on any atom is 0.131 e. The third-order valence-corrected chi connectivity index (χ3v) is 5.35. The van der Waals surface area contributed by atoms with Crippen LogP contribution in [0.2, 0.25) is 0 Å². The molecule has 0 saturated carbocycles. The molecule has 1 aliphatic heterocycles. The van der Waals surface area contributed by atoms with Gasteiger partial charge in [0.05, 0.1) is 0 Å². The number of benzene rings is 1. The van der Waals surface area contributed by atoms with Crippen molar-refractivity contribution in [2.24, 2.45) is 0 Å². The molecule has 3 aromatic rings. The predicted octanol–water partition coefficient (Wildman–Crippen LogP) is 3.92. The van der Waals surface area contributed by atoms with Crippen LogP contribution >= 0.6 is 11.3 Å². The van der Waals surface area contributed by atoms with Crippen LogP contribution in [-0.4, -0.2) is 29.1 Å². The average molecular weight is 339 g/mol. The SMILES string of the molecule is Nc1nccc2cc(OC3CCCN(Cc4cccs4)C3)ccc12. The molecule has 1 fully saturated rings. The monoisotopic (exact) mass is 339 g/mol. The minimum absolute atomic E-state index is 0.246. The van der Waals surface area contributed by atoms with Gasteiger partial charge in [-0.3, -0.25) is 4.90 Å². The molecular formula is C19H21N3OS. The summed E-state index contributed by atoms with van der Waals surface area (Å²) < 4.78 is 6.25. The summed E-state index contributed by atoms with van der Waals surface area (Å²) >= 11 is 1.82. The van der Waals surface area contributed by atoms with Crippen molar-refractivity contribution in [2.75, 3.05) is 18.8 Å². The van der Waals surface area contributed by atoms with Gasteiger partial charge in [0.2, 0.25) is 0 Å². The number of pyridine rings is 1. The number of aromatic nitrogens is 1. The van der Waals surface area contributed by atoms with Crippen molar-refractivity contribution < 1.29 is 4.74 Å². The third-order valence-electron chi connectivity index (χ3n) is 4.49. The van der Waals surface area contributed by atoms with Crippen molar-refractivity contribution in [1.82, 2.24) is 9.88 Å². The molecule has 0 spiro atoms. The zero-order chi connectivity index (χ0) is 16.4. The minimum Gasteiger partial charge on any atom is -0.489 e. The first-order valence-electron chi connectivity index (χ1n) is 8.33. The quantitative estimate of drug-likeness (QED) is 0.783. The number of hydrogen-bond acceptors (Lipinski definition) is 5. The molecule has 1 aliphatic rings. The van der Waals surface area contributed by atoms with E-state index in [0.29, 0.717) is 5.82 Å². The number of nitrogen functional groups attached to an aromatic ring is 1. The number of ether oxygens (including phenoxy) is 1. The third kappa shape index (κ3) is 3.37. The fourth-order valence-electron chi connectivity index (χ4n) is 3.32. The van der Waals surface area contributed by atoms with E-state index in [1.807, 2.05) is 29.5 Å². The Morgan fingerprint density at radius 3 is 3.12 bits per heavy atom. The van der Waals surface area contributed by atoms with Gasteiger partial charge in [0.1, 0.15) is 17.7 Å². The number of piperidine rings is 1. The van der Waals surface area contributed by atoms with E-state index in [-0.39, 0.29) is 6.10 Å². The molecule has 1 unspecified atom stereocenters. The first kappa shape index (κ1) is 15.4. The van der Waals surface area contributed by atoms with Gasteiger partial charge in [-0.15, -0.1) is 11.3 Å². The minimum atomic E-state index is 0.246. The molecule has 4 nitrogen and oxygen atoms in total. The van der Waals surface area contributed by atoms with Crippen LogP contribution in [0.3, 0.4) is 0 Å². The zero-order valence-electron chi connectivity index (χ0n) is 13.5. The summed E-state index contributed by atoms with van der Waals surface area (Å²) in [5, 5.41) is 4.20. The molecule has 3 heterocycles. The van der Waals surface area contributed by atoms with Gasteiger partial charge >= 0.3 is 0 Å². The van der Waals surface area contributed by atoms with Crippen molar-refractivity contribution in [3.05, 3.63) is 52.9 Å². The largest absolute Gasteiger partial charge is 0.489 e. The van der Waals surface area contributed by atoms with Crippen LogP contribution in [0.1, 0.15) is 17.7 Å². The number of hydrogen-bond donors (Lipinski definition) is 1. The van der Waals surface area contributed by atoms with Crippen LogP contribution in [0, 0.1) is 0 Å². The number of fused-ring (bicyclic) bond motifs is 1. The number of anilines is 1. The zero-order valence-corrected chi connectivity index (χ0v) is 14.3. The van der Waals surface area contributed by atoms with Gasteiger partial charge in [-0.2, -0.15) is 0 Å². The van der Waals surface area contributed by atoms with Gasteiger partial charge in [-0.05, 0) is 60.5 Å². The lowest BCUT2D eigenvalue weighted by molar-refractivity contribution is 0.0850. The van der Waals surface area contributed by atoms with E-state index in [1.165, 1.54) is 11.3 Å². The Kier molecular flexibility index (Phi) is 4.36. The Bertz CT molecular complexity index is 819. The highest BCUT2D eigenvalue weighted by atomic mass is 32.1. The Morgan fingerprint density at radius 1 is 1.29 bits per heavy atom.